The zero-order valence-electron chi connectivity index (χ0n) is 21.0. The molecular weight excluding hydrogens is 520 g/mol. The first-order valence-corrected chi connectivity index (χ1v) is 13.9. The largest absolute Gasteiger partial charge is 0.466 e. The van der Waals surface area contributed by atoms with Gasteiger partial charge in [0.05, 0.1) is 23.0 Å². The van der Waals surface area contributed by atoms with Crippen LogP contribution in [0.15, 0.2) is 64.4 Å². The van der Waals surface area contributed by atoms with Crippen LogP contribution >= 0.6 is 24.0 Å². The van der Waals surface area contributed by atoms with Gasteiger partial charge in [-0.15, -0.1) is 0 Å². The second-order valence-corrected chi connectivity index (χ2v) is 10.8. The summed E-state index contributed by atoms with van der Waals surface area (Å²) >= 11 is 6.73. The number of ether oxygens (including phenoxy) is 1. The number of thioether (sulfide) groups is 1. The smallest absolute Gasteiger partial charge is 0.309 e. The highest BCUT2D eigenvalue weighted by Crippen LogP contribution is 2.34. The molecule has 3 aromatic rings. The fourth-order valence-electron chi connectivity index (χ4n) is 4.75. The van der Waals surface area contributed by atoms with Crippen molar-refractivity contribution in [3.05, 3.63) is 81.1 Å². The Morgan fingerprint density at radius 1 is 1.13 bits per heavy atom. The second kappa shape index (κ2) is 11.5. The lowest BCUT2D eigenvalue weighted by molar-refractivity contribution is -0.148. The summed E-state index contributed by atoms with van der Waals surface area (Å²) in [5.74, 6) is -0.0475. The topological polar surface area (TPSA) is 84.2 Å². The molecular formula is C28H28N4O4S2. The van der Waals surface area contributed by atoms with Gasteiger partial charge >= 0.3 is 5.97 Å². The van der Waals surface area contributed by atoms with Crippen LogP contribution in [0.3, 0.4) is 0 Å². The van der Waals surface area contributed by atoms with E-state index in [9.17, 15) is 14.4 Å². The van der Waals surface area contributed by atoms with E-state index in [0.717, 1.165) is 5.56 Å². The number of carbonyl (C=O) groups is 2. The lowest BCUT2D eigenvalue weighted by Gasteiger charge is -2.32. The molecule has 4 heterocycles. The number of rotatable bonds is 7. The average molecular weight is 549 g/mol. The number of aromatic nitrogens is 2. The monoisotopic (exact) mass is 548 g/mol. The fraction of sp³-hybridized carbons (Fsp3) is 0.321. The first-order chi connectivity index (χ1) is 18.5. The van der Waals surface area contributed by atoms with Gasteiger partial charge in [0.25, 0.3) is 11.5 Å². The van der Waals surface area contributed by atoms with Gasteiger partial charge in [0.2, 0.25) is 0 Å². The minimum Gasteiger partial charge on any atom is -0.466 e. The van der Waals surface area contributed by atoms with E-state index >= 15 is 0 Å². The molecule has 0 aliphatic carbocycles. The lowest BCUT2D eigenvalue weighted by Crippen LogP contribution is -2.39. The number of fused-ring (bicyclic) bond motifs is 1. The summed E-state index contributed by atoms with van der Waals surface area (Å²) in [6.45, 7) is 3.73. The van der Waals surface area contributed by atoms with Crippen LogP contribution in [0.25, 0.3) is 11.7 Å². The van der Waals surface area contributed by atoms with E-state index in [1.165, 1.54) is 16.2 Å². The van der Waals surface area contributed by atoms with Crippen LogP contribution in [-0.4, -0.2) is 56.7 Å². The van der Waals surface area contributed by atoms with E-state index in [1.54, 1.807) is 36.2 Å². The van der Waals surface area contributed by atoms with Gasteiger partial charge in [-0.3, -0.25) is 23.7 Å². The van der Waals surface area contributed by atoms with E-state index in [0.29, 0.717) is 71.8 Å². The number of piperidine rings is 1. The van der Waals surface area contributed by atoms with Crippen molar-refractivity contribution in [2.45, 2.75) is 26.2 Å². The van der Waals surface area contributed by atoms with Gasteiger partial charge in [-0.05, 0) is 50.0 Å². The first kappa shape index (κ1) is 26.1. The predicted octanol–water partition coefficient (Wildman–Crippen LogP) is 3.92. The number of amides is 1. The zero-order chi connectivity index (χ0) is 26.6. The number of benzene rings is 1. The molecule has 10 heteroatoms. The van der Waals surface area contributed by atoms with Crippen LogP contribution in [0, 0.1) is 5.92 Å². The van der Waals surface area contributed by atoms with E-state index in [-0.39, 0.29) is 23.4 Å². The van der Waals surface area contributed by atoms with E-state index in [1.807, 2.05) is 41.3 Å². The molecule has 8 nitrogen and oxygen atoms in total. The van der Waals surface area contributed by atoms with Crippen LogP contribution < -0.4 is 10.5 Å². The molecule has 5 rings (SSSR count). The molecule has 2 aliphatic rings. The summed E-state index contributed by atoms with van der Waals surface area (Å²) in [7, 11) is 0. The molecule has 0 atom stereocenters. The number of hydrogen-bond donors (Lipinski definition) is 0. The van der Waals surface area contributed by atoms with Gasteiger partial charge in [-0.1, -0.05) is 60.4 Å². The van der Waals surface area contributed by atoms with Crippen molar-refractivity contribution in [2.75, 3.05) is 31.1 Å². The number of thiocarbonyl (C=S) groups is 1. The van der Waals surface area contributed by atoms with Crippen LogP contribution in [0.2, 0.25) is 0 Å². The molecule has 2 fully saturated rings. The average Bonchev–Trinajstić information content (AvgIpc) is 3.21. The molecule has 196 valence electrons. The van der Waals surface area contributed by atoms with Gasteiger partial charge in [0.15, 0.2) is 0 Å². The van der Waals surface area contributed by atoms with Crippen LogP contribution in [0.1, 0.15) is 30.9 Å². The van der Waals surface area contributed by atoms with E-state index in [2.05, 4.69) is 0 Å². The Morgan fingerprint density at radius 3 is 2.61 bits per heavy atom. The fourth-order valence-corrected chi connectivity index (χ4v) is 6.05. The Kier molecular flexibility index (Phi) is 7.90. The highest BCUT2D eigenvalue weighted by molar-refractivity contribution is 8.26. The normalized spacial score (nSPS) is 17.6. The summed E-state index contributed by atoms with van der Waals surface area (Å²) in [6, 6.07) is 15.3. The van der Waals surface area contributed by atoms with E-state index in [4.69, 9.17) is 21.9 Å². The van der Waals surface area contributed by atoms with Gasteiger partial charge in [0.1, 0.15) is 15.8 Å². The Bertz CT molecular complexity index is 1460. The molecule has 0 spiro atoms. The maximum Gasteiger partial charge on any atom is 0.309 e. The van der Waals surface area contributed by atoms with Crippen molar-refractivity contribution < 1.29 is 14.3 Å². The number of nitrogens with zero attached hydrogens (tertiary/aromatic N) is 4. The quantitative estimate of drug-likeness (QED) is 0.250. The lowest BCUT2D eigenvalue weighted by atomic mass is 9.96. The highest BCUT2D eigenvalue weighted by atomic mass is 32.2. The maximum atomic E-state index is 13.6. The third kappa shape index (κ3) is 5.37. The zero-order valence-corrected chi connectivity index (χ0v) is 22.7. The Labute approximate surface area is 230 Å². The molecule has 2 aromatic heterocycles. The van der Waals surface area contributed by atoms with Crippen molar-refractivity contribution >= 4 is 57.7 Å². The van der Waals surface area contributed by atoms with Gasteiger partial charge < -0.3 is 9.64 Å². The number of pyridine rings is 1. The van der Waals surface area contributed by atoms with Crippen LogP contribution in [-0.2, 0) is 20.7 Å². The maximum absolute atomic E-state index is 13.6. The number of hydrogen-bond acceptors (Lipinski definition) is 8. The standard InChI is InChI=1S/C28H28N4O4S2/c1-2-36-27(35)20-12-15-30(16-13-20)24-21(25(33)31-14-7-6-10-23(31)29-24)18-22-26(34)32(28(37)38-22)17-11-19-8-4-3-5-9-19/h3-10,14,18,20H,2,11-13,15-17H2,1H3. The van der Waals surface area contributed by atoms with Crippen molar-refractivity contribution in [1.82, 2.24) is 14.3 Å². The van der Waals surface area contributed by atoms with Crippen LogP contribution in [0.5, 0.6) is 0 Å². The van der Waals surface area contributed by atoms with Crippen molar-refractivity contribution in [3.8, 4) is 0 Å². The second-order valence-electron chi connectivity index (χ2n) is 9.17. The summed E-state index contributed by atoms with van der Waals surface area (Å²) in [4.78, 5) is 48.0. The van der Waals surface area contributed by atoms with Crippen molar-refractivity contribution in [2.24, 2.45) is 5.92 Å². The molecule has 0 radical (unpaired) electrons. The van der Waals surface area contributed by atoms with Gasteiger partial charge in [-0.2, -0.15) is 0 Å². The van der Waals surface area contributed by atoms with E-state index < -0.39 is 0 Å². The first-order valence-electron chi connectivity index (χ1n) is 12.7. The predicted molar refractivity (Wildman–Crippen MR) is 153 cm³/mol. The molecule has 0 N–H and O–H groups in total. The van der Waals surface area contributed by atoms with Crippen molar-refractivity contribution in [1.29, 1.82) is 0 Å². The Balaban J connectivity index is 1.44. The summed E-state index contributed by atoms with van der Waals surface area (Å²) in [5.41, 5.74) is 1.73. The number of anilines is 1. The molecule has 2 aliphatic heterocycles. The summed E-state index contributed by atoms with van der Waals surface area (Å²) in [6.07, 6.45) is 5.19. The Morgan fingerprint density at radius 2 is 1.87 bits per heavy atom. The molecule has 2 saturated heterocycles. The number of carbonyl (C=O) groups excluding carboxylic acids is 2. The van der Waals surface area contributed by atoms with Gasteiger partial charge in [-0.25, -0.2) is 4.98 Å². The molecule has 0 saturated carbocycles. The third-order valence-corrected chi connectivity index (χ3v) is 8.16. The molecule has 1 amide bonds. The van der Waals surface area contributed by atoms with Crippen molar-refractivity contribution in [3.63, 3.8) is 0 Å². The molecule has 0 bridgehead atoms. The molecule has 1 aromatic carbocycles. The third-order valence-electron chi connectivity index (χ3n) is 6.78. The minimum atomic E-state index is -0.257. The minimum absolute atomic E-state index is 0.169. The number of esters is 1. The summed E-state index contributed by atoms with van der Waals surface area (Å²) < 4.78 is 7.16. The summed E-state index contributed by atoms with van der Waals surface area (Å²) in [5, 5.41) is 0. The highest BCUT2D eigenvalue weighted by Gasteiger charge is 2.33. The molecule has 38 heavy (non-hydrogen) atoms. The molecule has 0 unspecified atom stereocenters. The van der Waals surface area contributed by atoms with Crippen LogP contribution in [0.4, 0.5) is 5.82 Å². The Hall–Kier alpha value is -3.50. The van der Waals surface area contributed by atoms with Gasteiger partial charge in [0, 0.05) is 25.8 Å². The SMILES string of the molecule is CCOC(=O)C1CCN(c2nc3ccccn3c(=O)c2C=C2SC(=S)N(CCc3ccccc3)C2=O)CC1.